The van der Waals surface area contributed by atoms with Crippen LogP contribution in [0.25, 0.3) is 0 Å². The molecule has 2 heterocycles. The first-order valence-corrected chi connectivity index (χ1v) is 10.3. The molecular weight excluding hydrogens is 440 g/mol. The van der Waals surface area contributed by atoms with Crippen molar-refractivity contribution in [2.24, 2.45) is 5.92 Å². The third-order valence-electron chi connectivity index (χ3n) is 5.43. The van der Waals surface area contributed by atoms with E-state index in [0.717, 1.165) is 24.5 Å². The number of benzene rings is 1. The summed E-state index contributed by atoms with van der Waals surface area (Å²) in [4.78, 5) is 11.2. The highest BCUT2D eigenvalue weighted by Crippen LogP contribution is 2.47. The van der Waals surface area contributed by atoms with Gasteiger partial charge in [-0.25, -0.2) is 14.4 Å². The van der Waals surface area contributed by atoms with Crippen LogP contribution in [0.15, 0.2) is 36.5 Å². The van der Waals surface area contributed by atoms with Crippen molar-refractivity contribution < 1.29 is 22.3 Å². The molecule has 1 saturated carbocycles. The number of anilines is 4. The van der Waals surface area contributed by atoms with Crippen molar-refractivity contribution in [1.29, 1.82) is 0 Å². The van der Waals surface area contributed by atoms with Crippen LogP contribution in [0, 0.1) is 11.7 Å². The lowest BCUT2D eigenvalue weighted by molar-refractivity contribution is -0.141. The molecule has 0 bridgehead atoms. The molecule has 3 aromatic rings. The number of nitrogens with zero attached hydrogens (tertiary/aromatic N) is 3. The minimum atomic E-state index is -4.69. The second-order valence-corrected chi connectivity index (χ2v) is 7.81. The number of pyridine rings is 1. The summed E-state index contributed by atoms with van der Waals surface area (Å²) in [5.41, 5.74) is 5.22. The zero-order valence-corrected chi connectivity index (χ0v) is 17.9. The summed E-state index contributed by atoms with van der Waals surface area (Å²) in [6.45, 7) is 2.09. The lowest BCUT2D eigenvalue weighted by atomic mass is 9.96. The van der Waals surface area contributed by atoms with Crippen molar-refractivity contribution in [3.8, 4) is 11.5 Å². The van der Waals surface area contributed by atoms with E-state index < -0.39 is 23.6 Å². The Bertz CT molecular complexity index is 1170. The normalized spacial score (nSPS) is 14.6. The number of aromatic nitrogens is 3. The van der Waals surface area contributed by atoms with Crippen molar-refractivity contribution in [3.05, 3.63) is 53.6 Å². The molecular formula is C22H22F4N6O. The van der Waals surface area contributed by atoms with Crippen molar-refractivity contribution in [2.75, 3.05) is 23.4 Å². The monoisotopic (exact) mass is 462 g/mol. The number of nitrogens with one attached hydrogen (secondary N) is 2. The van der Waals surface area contributed by atoms with Crippen molar-refractivity contribution >= 4 is 23.3 Å². The standard InChI is InChI=1S/C22H22F4N6O/c1-11(12-3-4-12)19-16(7-8-29-20(19)28-2)33-15-6-5-13(9-14(15)23)30-18-10-17(22(24,25)26)31-21(27)32-18/h5-12H,3-4H2,1-2H3,(H,28,29)(H3,27,30,31,32). The van der Waals surface area contributed by atoms with Gasteiger partial charge in [-0.05, 0) is 42.9 Å². The van der Waals surface area contributed by atoms with Gasteiger partial charge in [-0.15, -0.1) is 0 Å². The van der Waals surface area contributed by atoms with Crippen molar-refractivity contribution in [3.63, 3.8) is 0 Å². The summed E-state index contributed by atoms with van der Waals surface area (Å²) in [5, 5.41) is 5.67. The Morgan fingerprint density at radius 1 is 1.12 bits per heavy atom. The molecule has 1 unspecified atom stereocenters. The van der Waals surface area contributed by atoms with E-state index in [1.54, 1.807) is 19.3 Å². The van der Waals surface area contributed by atoms with Gasteiger partial charge in [-0.2, -0.15) is 18.2 Å². The first-order chi connectivity index (χ1) is 15.7. The molecule has 33 heavy (non-hydrogen) atoms. The van der Waals surface area contributed by atoms with Gasteiger partial charge in [0.1, 0.15) is 17.4 Å². The molecule has 7 nitrogen and oxygen atoms in total. The van der Waals surface area contributed by atoms with E-state index in [0.29, 0.717) is 23.6 Å². The van der Waals surface area contributed by atoms with Gasteiger partial charge in [0.05, 0.1) is 0 Å². The van der Waals surface area contributed by atoms with Crippen LogP contribution in [-0.2, 0) is 6.18 Å². The van der Waals surface area contributed by atoms with Crippen molar-refractivity contribution in [1.82, 2.24) is 15.0 Å². The van der Waals surface area contributed by atoms with Crippen LogP contribution < -0.4 is 21.1 Å². The van der Waals surface area contributed by atoms with E-state index >= 15 is 0 Å². The average molecular weight is 462 g/mol. The number of nitrogens with two attached hydrogens (primary N) is 1. The van der Waals surface area contributed by atoms with Crippen LogP contribution in [0.3, 0.4) is 0 Å². The maximum atomic E-state index is 14.8. The highest BCUT2D eigenvalue weighted by atomic mass is 19.4. The molecule has 2 aromatic heterocycles. The molecule has 0 amide bonds. The quantitative estimate of drug-likeness (QED) is 0.387. The van der Waals surface area contributed by atoms with Gasteiger partial charge in [0, 0.05) is 36.6 Å². The molecule has 11 heteroatoms. The number of alkyl halides is 3. The van der Waals surface area contributed by atoms with Crippen LogP contribution in [0.1, 0.15) is 36.9 Å². The summed E-state index contributed by atoms with van der Waals surface area (Å²) in [6, 6.07) is 6.33. The van der Waals surface area contributed by atoms with Crippen LogP contribution in [0.5, 0.6) is 11.5 Å². The minimum absolute atomic E-state index is 0.0313. The van der Waals surface area contributed by atoms with Gasteiger partial charge in [-0.1, -0.05) is 6.92 Å². The van der Waals surface area contributed by atoms with Crippen LogP contribution in [-0.4, -0.2) is 22.0 Å². The molecule has 1 aliphatic carbocycles. The maximum Gasteiger partial charge on any atom is 0.433 e. The predicted octanol–water partition coefficient (Wildman–Crippen LogP) is 5.70. The molecule has 4 N–H and O–H groups in total. The fraction of sp³-hybridized carbons (Fsp3) is 0.318. The largest absolute Gasteiger partial charge is 0.454 e. The molecule has 4 rings (SSSR count). The summed E-state index contributed by atoms with van der Waals surface area (Å²) >= 11 is 0. The third kappa shape index (κ3) is 5.07. The van der Waals surface area contributed by atoms with E-state index in [9.17, 15) is 17.6 Å². The zero-order valence-electron chi connectivity index (χ0n) is 17.9. The minimum Gasteiger partial charge on any atom is -0.454 e. The molecule has 0 aliphatic heterocycles. The van der Waals surface area contributed by atoms with Gasteiger partial charge in [-0.3, -0.25) is 0 Å². The van der Waals surface area contributed by atoms with Gasteiger partial charge in [0.2, 0.25) is 5.95 Å². The topological polar surface area (TPSA) is 98.0 Å². The molecule has 1 atom stereocenters. The molecule has 0 saturated heterocycles. The maximum absolute atomic E-state index is 14.8. The molecule has 0 spiro atoms. The van der Waals surface area contributed by atoms with Crippen LogP contribution in [0.4, 0.5) is 40.8 Å². The van der Waals surface area contributed by atoms with Crippen LogP contribution >= 0.6 is 0 Å². The van der Waals surface area contributed by atoms with E-state index in [-0.39, 0.29) is 23.2 Å². The van der Waals surface area contributed by atoms with Gasteiger partial charge in [0.25, 0.3) is 0 Å². The average Bonchev–Trinajstić information content (AvgIpc) is 3.59. The second kappa shape index (κ2) is 8.72. The molecule has 0 radical (unpaired) electrons. The Labute approximate surface area is 187 Å². The Hall–Kier alpha value is -3.63. The first kappa shape index (κ1) is 22.6. The van der Waals surface area contributed by atoms with E-state index in [4.69, 9.17) is 10.5 Å². The first-order valence-electron chi connectivity index (χ1n) is 10.3. The lowest BCUT2D eigenvalue weighted by Gasteiger charge is -2.19. The van der Waals surface area contributed by atoms with Gasteiger partial charge >= 0.3 is 6.18 Å². The number of ether oxygens (including phenoxy) is 1. The van der Waals surface area contributed by atoms with Crippen molar-refractivity contribution in [2.45, 2.75) is 31.9 Å². The van der Waals surface area contributed by atoms with E-state index in [1.165, 1.54) is 12.1 Å². The predicted molar refractivity (Wildman–Crippen MR) is 116 cm³/mol. The molecule has 1 aliphatic rings. The Morgan fingerprint density at radius 2 is 1.88 bits per heavy atom. The summed E-state index contributed by atoms with van der Waals surface area (Å²) in [7, 11) is 1.76. The number of halogens is 4. The number of hydrogen-bond acceptors (Lipinski definition) is 7. The Balaban J connectivity index is 1.58. The number of hydrogen-bond donors (Lipinski definition) is 3. The molecule has 1 fully saturated rings. The highest BCUT2D eigenvalue weighted by Gasteiger charge is 2.34. The summed E-state index contributed by atoms with van der Waals surface area (Å²) in [5.74, 6) is 0.383. The van der Waals surface area contributed by atoms with Gasteiger partial charge < -0.3 is 21.1 Å². The zero-order chi connectivity index (χ0) is 23.8. The Kier molecular flexibility index (Phi) is 5.96. The van der Waals surface area contributed by atoms with Gasteiger partial charge in [0.15, 0.2) is 17.3 Å². The van der Waals surface area contributed by atoms with Crippen LogP contribution in [0.2, 0.25) is 0 Å². The molecule has 174 valence electrons. The smallest absolute Gasteiger partial charge is 0.433 e. The second-order valence-electron chi connectivity index (χ2n) is 7.81. The fourth-order valence-corrected chi connectivity index (χ4v) is 3.62. The Morgan fingerprint density at radius 3 is 2.52 bits per heavy atom. The summed E-state index contributed by atoms with van der Waals surface area (Å²) in [6.07, 6.45) is -0.869. The third-order valence-corrected chi connectivity index (χ3v) is 5.43. The summed E-state index contributed by atoms with van der Waals surface area (Å²) < 4.78 is 59.6. The van der Waals surface area contributed by atoms with E-state index in [1.807, 2.05) is 0 Å². The highest BCUT2D eigenvalue weighted by molar-refractivity contribution is 5.60. The fourth-order valence-electron chi connectivity index (χ4n) is 3.62. The lowest BCUT2D eigenvalue weighted by Crippen LogP contribution is -2.12. The molecule has 1 aromatic carbocycles. The number of rotatable bonds is 7. The SMILES string of the molecule is CNc1nccc(Oc2ccc(Nc3cc(C(F)(F)F)nc(N)n3)cc2F)c1C(C)C1CC1. The van der Waals surface area contributed by atoms with E-state index in [2.05, 4.69) is 32.5 Å². The number of nitrogen functional groups attached to an aromatic ring is 1.